The normalized spacial score (nSPS) is 10.3. The molecule has 2 rings (SSSR count). The van der Waals surface area contributed by atoms with Crippen molar-refractivity contribution < 1.29 is 13.6 Å². The molecule has 3 N–H and O–H groups in total. The van der Waals surface area contributed by atoms with Crippen LogP contribution in [0.5, 0.6) is 0 Å². The van der Waals surface area contributed by atoms with Crippen LogP contribution in [0.2, 0.25) is 0 Å². The van der Waals surface area contributed by atoms with Crippen LogP contribution in [0.4, 0.5) is 14.5 Å². The quantitative estimate of drug-likeness (QED) is 0.835. The molecule has 1 aromatic heterocycles. The summed E-state index contributed by atoms with van der Waals surface area (Å²) in [4.78, 5) is 19.8. The van der Waals surface area contributed by atoms with Crippen molar-refractivity contribution in [3.05, 3.63) is 53.1 Å². The summed E-state index contributed by atoms with van der Waals surface area (Å²) in [6, 6.07) is 1.61. The molecule has 0 radical (unpaired) electrons. The minimum absolute atomic E-state index is 0.0575. The molecule has 1 amide bonds. The fourth-order valence-corrected chi connectivity index (χ4v) is 1.55. The maximum atomic E-state index is 13.6. The van der Waals surface area contributed by atoms with E-state index in [0.717, 1.165) is 17.8 Å². The number of aromatic nitrogens is 2. The summed E-state index contributed by atoms with van der Waals surface area (Å²) < 4.78 is 26.8. The van der Waals surface area contributed by atoms with Crippen LogP contribution in [0.25, 0.3) is 0 Å². The van der Waals surface area contributed by atoms with Crippen molar-refractivity contribution in [1.82, 2.24) is 15.3 Å². The molecule has 0 saturated carbocycles. The van der Waals surface area contributed by atoms with E-state index >= 15 is 0 Å². The summed E-state index contributed by atoms with van der Waals surface area (Å²) >= 11 is 0. The van der Waals surface area contributed by atoms with Crippen molar-refractivity contribution in [3.63, 3.8) is 0 Å². The molecule has 2 aromatic rings. The van der Waals surface area contributed by atoms with Crippen molar-refractivity contribution in [3.8, 4) is 0 Å². The van der Waals surface area contributed by atoms with E-state index in [0.29, 0.717) is 5.69 Å². The number of nitrogens with zero attached hydrogens (tertiary/aromatic N) is 2. The van der Waals surface area contributed by atoms with Gasteiger partial charge >= 0.3 is 0 Å². The first-order chi connectivity index (χ1) is 9.47. The molecule has 0 aliphatic heterocycles. The number of hydrogen-bond donors (Lipinski definition) is 2. The number of hydrogen-bond acceptors (Lipinski definition) is 4. The molecule has 1 heterocycles. The molecule has 0 spiro atoms. The van der Waals surface area contributed by atoms with Crippen LogP contribution in [-0.4, -0.2) is 15.9 Å². The number of amides is 1. The highest BCUT2D eigenvalue weighted by Crippen LogP contribution is 2.17. The van der Waals surface area contributed by atoms with Crippen LogP contribution in [0.15, 0.2) is 24.5 Å². The van der Waals surface area contributed by atoms with Gasteiger partial charge in [0.1, 0.15) is 5.82 Å². The van der Waals surface area contributed by atoms with Gasteiger partial charge in [-0.3, -0.25) is 14.8 Å². The Morgan fingerprint density at radius 1 is 1.30 bits per heavy atom. The van der Waals surface area contributed by atoms with Gasteiger partial charge < -0.3 is 11.1 Å². The van der Waals surface area contributed by atoms with E-state index in [1.54, 1.807) is 13.1 Å². The number of carbonyl (C=O) groups is 1. The number of anilines is 1. The van der Waals surface area contributed by atoms with Crippen LogP contribution in [0, 0.1) is 18.6 Å². The topological polar surface area (TPSA) is 80.9 Å². The monoisotopic (exact) mass is 278 g/mol. The van der Waals surface area contributed by atoms with Crippen molar-refractivity contribution in [2.45, 2.75) is 13.5 Å². The zero-order chi connectivity index (χ0) is 14.7. The van der Waals surface area contributed by atoms with E-state index in [1.165, 1.54) is 6.20 Å². The number of nitrogen functional groups attached to an aromatic ring is 1. The van der Waals surface area contributed by atoms with Crippen LogP contribution >= 0.6 is 0 Å². The second-order valence-electron chi connectivity index (χ2n) is 4.19. The Morgan fingerprint density at radius 3 is 2.70 bits per heavy atom. The standard InChI is InChI=1S/C13H12F2N4O/c1-7-4-18-9(5-17-7)6-19-13(20)10-2-8(14)3-11(16)12(10)15/h2-5H,6,16H2,1H3,(H,19,20). The lowest BCUT2D eigenvalue weighted by atomic mass is 10.1. The van der Waals surface area contributed by atoms with E-state index in [-0.39, 0.29) is 6.54 Å². The van der Waals surface area contributed by atoms with Gasteiger partial charge in [0.05, 0.1) is 35.4 Å². The Bertz CT molecular complexity index is 644. The van der Waals surface area contributed by atoms with E-state index in [4.69, 9.17) is 5.73 Å². The van der Waals surface area contributed by atoms with Gasteiger partial charge in [0.15, 0.2) is 5.82 Å². The van der Waals surface area contributed by atoms with Crippen LogP contribution < -0.4 is 11.1 Å². The highest BCUT2D eigenvalue weighted by Gasteiger charge is 2.16. The highest BCUT2D eigenvalue weighted by molar-refractivity contribution is 5.95. The third-order valence-corrected chi connectivity index (χ3v) is 2.57. The summed E-state index contributed by atoms with van der Waals surface area (Å²) in [5.41, 5.74) is 5.66. The minimum Gasteiger partial charge on any atom is -0.396 e. The third-order valence-electron chi connectivity index (χ3n) is 2.57. The number of halogens is 2. The Hall–Kier alpha value is -2.57. The molecular weight excluding hydrogens is 266 g/mol. The number of aryl methyl sites for hydroxylation is 1. The molecule has 0 bridgehead atoms. The van der Waals surface area contributed by atoms with Gasteiger partial charge in [-0.1, -0.05) is 0 Å². The van der Waals surface area contributed by atoms with Gasteiger partial charge in [0, 0.05) is 6.20 Å². The largest absolute Gasteiger partial charge is 0.396 e. The minimum atomic E-state index is -0.945. The van der Waals surface area contributed by atoms with Gasteiger partial charge in [0.2, 0.25) is 0 Å². The third kappa shape index (κ3) is 3.05. The molecule has 20 heavy (non-hydrogen) atoms. The maximum absolute atomic E-state index is 13.6. The average Bonchev–Trinajstić information content (AvgIpc) is 2.42. The molecule has 5 nitrogen and oxygen atoms in total. The number of carbonyl (C=O) groups excluding carboxylic acids is 1. The van der Waals surface area contributed by atoms with E-state index < -0.39 is 28.8 Å². The first-order valence-corrected chi connectivity index (χ1v) is 5.77. The first kappa shape index (κ1) is 13.9. The first-order valence-electron chi connectivity index (χ1n) is 5.77. The highest BCUT2D eigenvalue weighted by atomic mass is 19.1. The second kappa shape index (κ2) is 5.60. The lowest BCUT2D eigenvalue weighted by Crippen LogP contribution is -2.25. The average molecular weight is 278 g/mol. The lowest BCUT2D eigenvalue weighted by molar-refractivity contribution is 0.0946. The molecule has 0 aliphatic rings. The maximum Gasteiger partial charge on any atom is 0.254 e. The molecule has 7 heteroatoms. The number of nitrogens with two attached hydrogens (primary N) is 1. The number of rotatable bonds is 3. The van der Waals surface area contributed by atoms with E-state index in [9.17, 15) is 13.6 Å². The Kier molecular flexibility index (Phi) is 3.88. The summed E-state index contributed by atoms with van der Waals surface area (Å²) in [6.07, 6.45) is 3.04. The van der Waals surface area contributed by atoms with E-state index in [1.807, 2.05) is 0 Å². The van der Waals surface area contributed by atoms with Crippen molar-refractivity contribution >= 4 is 11.6 Å². The molecule has 0 aliphatic carbocycles. The van der Waals surface area contributed by atoms with Gasteiger partial charge in [-0.2, -0.15) is 0 Å². The van der Waals surface area contributed by atoms with Crippen molar-refractivity contribution in [1.29, 1.82) is 0 Å². The van der Waals surface area contributed by atoms with Crippen LogP contribution in [0.1, 0.15) is 21.7 Å². The molecule has 104 valence electrons. The smallest absolute Gasteiger partial charge is 0.254 e. The van der Waals surface area contributed by atoms with Gasteiger partial charge in [-0.25, -0.2) is 8.78 Å². The summed E-state index contributed by atoms with van der Waals surface area (Å²) in [5, 5.41) is 2.43. The van der Waals surface area contributed by atoms with Crippen molar-refractivity contribution in [2.24, 2.45) is 0 Å². The Morgan fingerprint density at radius 2 is 2.05 bits per heavy atom. The molecule has 0 fully saturated rings. The van der Waals surface area contributed by atoms with Gasteiger partial charge in [-0.05, 0) is 19.1 Å². The molecule has 1 aromatic carbocycles. The molecule has 0 saturated heterocycles. The van der Waals surface area contributed by atoms with Crippen LogP contribution in [-0.2, 0) is 6.54 Å². The zero-order valence-electron chi connectivity index (χ0n) is 10.7. The van der Waals surface area contributed by atoms with Crippen molar-refractivity contribution in [2.75, 3.05) is 5.73 Å². The SMILES string of the molecule is Cc1cnc(CNC(=O)c2cc(F)cc(N)c2F)cn1. The molecule has 0 unspecified atom stereocenters. The lowest BCUT2D eigenvalue weighted by Gasteiger charge is -2.07. The summed E-state index contributed by atoms with van der Waals surface area (Å²) in [5.74, 6) is -2.49. The number of benzene rings is 1. The van der Waals surface area contributed by atoms with Crippen LogP contribution in [0.3, 0.4) is 0 Å². The van der Waals surface area contributed by atoms with E-state index in [2.05, 4.69) is 15.3 Å². The summed E-state index contributed by atoms with van der Waals surface area (Å²) in [6.45, 7) is 1.84. The van der Waals surface area contributed by atoms with Gasteiger partial charge in [-0.15, -0.1) is 0 Å². The predicted octanol–water partition coefficient (Wildman–Crippen LogP) is 1.58. The predicted molar refractivity (Wildman–Crippen MR) is 68.7 cm³/mol. The summed E-state index contributed by atoms with van der Waals surface area (Å²) in [7, 11) is 0. The van der Waals surface area contributed by atoms with Gasteiger partial charge in [0.25, 0.3) is 5.91 Å². The number of nitrogens with one attached hydrogen (secondary N) is 1. The second-order valence-corrected chi connectivity index (χ2v) is 4.19. The zero-order valence-corrected chi connectivity index (χ0v) is 10.7. The molecular formula is C13H12F2N4O. The Labute approximate surface area is 113 Å². The fourth-order valence-electron chi connectivity index (χ4n) is 1.55. The fraction of sp³-hybridized carbons (Fsp3) is 0.154. The molecule has 0 atom stereocenters. The Balaban J connectivity index is 2.11.